The number of rotatable bonds is 0. The summed E-state index contributed by atoms with van der Waals surface area (Å²) in [5.41, 5.74) is -1.55. The van der Waals surface area contributed by atoms with E-state index in [-0.39, 0.29) is 11.2 Å². The Hall–Kier alpha value is -0.170. The molecule has 0 spiro atoms. The first-order valence-corrected chi connectivity index (χ1v) is 8.83. The summed E-state index contributed by atoms with van der Waals surface area (Å²) in [6, 6.07) is 0. The van der Waals surface area contributed by atoms with E-state index in [1.165, 1.54) is 0 Å². The minimum Gasteiger partial charge on any atom is -0.377 e. The van der Waals surface area contributed by atoms with Crippen LogP contribution < -0.4 is 0 Å². The Labute approximate surface area is 107 Å². The van der Waals surface area contributed by atoms with Crippen molar-refractivity contribution >= 4 is 10.0 Å². The summed E-state index contributed by atoms with van der Waals surface area (Å²) in [5, 5.41) is 13.9. The Balaban J connectivity index is 2.99. The van der Waals surface area contributed by atoms with E-state index < -0.39 is 15.6 Å². The molecule has 0 saturated carbocycles. The maximum atomic E-state index is 10.7. The third-order valence-corrected chi connectivity index (χ3v) is 3.29. The van der Waals surface area contributed by atoms with Crippen LogP contribution in [0.15, 0.2) is 0 Å². The highest BCUT2D eigenvalue weighted by atomic mass is 32.3. The van der Waals surface area contributed by atoms with E-state index in [1.807, 2.05) is 27.7 Å². The normalized spacial score (nSPS) is 26.8. The van der Waals surface area contributed by atoms with Crippen LogP contribution in [-0.2, 0) is 4.74 Å². The Morgan fingerprint density at radius 1 is 1.00 bits per heavy atom. The zero-order valence-electron chi connectivity index (χ0n) is 12.2. The predicted octanol–water partition coefficient (Wildman–Crippen LogP) is 2.74. The van der Waals surface area contributed by atoms with Crippen molar-refractivity contribution in [2.24, 2.45) is 0 Å². The van der Waals surface area contributed by atoms with Crippen molar-refractivity contribution < 1.29 is 9.84 Å². The van der Waals surface area contributed by atoms with Crippen molar-refractivity contribution in [3.8, 4) is 11.2 Å². The molecule has 0 radical (unpaired) electrons. The molecular weight excluding hydrogens is 232 g/mol. The highest BCUT2D eigenvalue weighted by Gasteiger charge is 2.46. The summed E-state index contributed by atoms with van der Waals surface area (Å²) in [5.74, 6) is 3.11. The SMILES string of the molecule is CC1(C)CC(O)(C#CS(C)(C)C)CC(C)(C)O1. The molecule has 1 saturated heterocycles. The molecule has 0 aliphatic carbocycles. The van der Waals surface area contributed by atoms with Gasteiger partial charge in [-0.2, -0.15) is 10.0 Å². The zero-order valence-corrected chi connectivity index (χ0v) is 13.0. The molecule has 1 rings (SSSR count). The average Bonchev–Trinajstić information content (AvgIpc) is 1.92. The lowest BCUT2D eigenvalue weighted by Gasteiger charge is -2.47. The molecule has 3 heteroatoms. The Bertz CT molecular complexity index is 337. The van der Waals surface area contributed by atoms with Crippen LogP contribution in [0.4, 0.5) is 0 Å². The topological polar surface area (TPSA) is 29.5 Å². The van der Waals surface area contributed by atoms with E-state index in [4.69, 9.17) is 4.74 Å². The van der Waals surface area contributed by atoms with Crippen LogP contribution in [0.2, 0.25) is 0 Å². The van der Waals surface area contributed by atoms with Crippen LogP contribution in [-0.4, -0.2) is 40.7 Å². The first kappa shape index (κ1) is 14.9. The molecule has 0 aromatic heterocycles. The summed E-state index contributed by atoms with van der Waals surface area (Å²) in [7, 11) is -0.898. The second-order valence-electron chi connectivity index (χ2n) is 7.07. The fourth-order valence-corrected chi connectivity index (χ4v) is 3.12. The molecule has 0 bridgehead atoms. The van der Waals surface area contributed by atoms with Crippen molar-refractivity contribution in [3.05, 3.63) is 0 Å². The standard InChI is InChI=1S/C14H26O2S/c1-12(2)10-14(15,8-9-17(5,6)7)11-13(3,4)16-12/h15H,10-11H2,1-7H3. The minimum atomic E-state index is -0.911. The number of ether oxygens (including phenoxy) is 1. The third kappa shape index (κ3) is 4.91. The molecule has 100 valence electrons. The number of hydrogen-bond acceptors (Lipinski definition) is 2. The van der Waals surface area contributed by atoms with Gasteiger partial charge in [-0.1, -0.05) is 11.2 Å². The zero-order chi connectivity index (χ0) is 13.5. The van der Waals surface area contributed by atoms with Gasteiger partial charge in [0.15, 0.2) is 0 Å². The third-order valence-electron chi connectivity index (χ3n) is 2.58. The van der Waals surface area contributed by atoms with Gasteiger partial charge in [-0.3, -0.25) is 0 Å². The highest BCUT2D eigenvalue weighted by Crippen LogP contribution is 2.41. The summed E-state index contributed by atoms with van der Waals surface area (Å²) in [6.07, 6.45) is 7.56. The maximum Gasteiger partial charge on any atom is 0.131 e. The van der Waals surface area contributed by atoms with Crippen LogP contribution in [0.5, 0.6) is 0 Å². The van der Waals surface area contributed by atoms with Gasteiger partial charge in [0.1, 0.15) is 5.60 Å². The van der Waals surface area contributed by atoms with E-state index in [0.717, 1.165) is 0 Å². The first-order valence-electron chi connectivity index (χ1n) is 5.97. The van der Waals surface area contributed by atoms with Gasteiger partial charge in [0.05, 0.1) is 11.2 Å². The fourth-order valence-electron chi connectivity index (χ4n) is 2.63. The van der Waals surface area contributed by atoms with Crippen molar-refractivity contribution in [2.45, 2.75) is 57.3 Å². The second-order valence-corrected chi connectivity index (χ2v) is 10.9. The molecule has 1 fully saturated rings. The van der Waals surface area contributed by atoms with Gasteiger partial charge in [-0.15, -0.1) is 0 Å². The maximum absolute atomic E-state index is 10.7. The summed E-state index contributed by atoms with van der Waals surface area (Å²) in [6.45, 7) is 8.07. The van der Waals surface area contributed by atoms with Crippen molar-refractivity contribution in [1.82, 2.24) is 0 Å². The lowest BCUT2D eigenvalue weighted by atomic mass is 9.78. The van der Waals surface area contributed by atoms with E-state index >= 15 is 0 Å². The van der Waals surface area contributed by atoms with Crippen molar-refractivity contribution in [1.29, 1.82) is 0 Å². The molecule has 0 unspecified atom stereocenters. The van der Waals surface area contributed by atoms with Crippen LogP contribution in [0, 0.1) is 11.2 Å². The van der Waals surface area contributed by atoms with Crippen molar-refractivity contribution in [3.63, 3.8) is 0 Å². The average molecular weight is 258 g/mol. The molecule has 1 aliphatic rings. The van der Waals surface area contributed by atoms with Gasteiger partial charge in [-0.05, 0) is 46.5 Å². The van der Waals surface area contributed by atoms with Crippen LogP contribution >= 0.6 is 10.0 Å². The van der Waals surface area contributed by atoms with Gasteiger partial charge in [0.2, 0.25) is 0 Å². The molecule has 1 aliphatic heterocycles. The van der Waals surface area contributed by atoms with Crippen LogP contribution in [0.25, 0.3) is 0 Å². The Morgan fingerprint density at radius 2 is 1.41 bits per heavy atom. The fraction of sp³-hybridized carbons (Fsp3) is 0.857. The predicted molar refractivity (Wildman–Crippen MR) is 76.6 cm³/mol. The monoisotopic (exact) mass is 258 g/mol. The molecule has 1 N–H and O–H groups in total. The number of aliphatic hydroxyl groups is 1. The lowest BCUT2D eigenvalue weighted by Crippen LogP contribution is -2.53. The van der Waals surface area contributed by atoms with Gasteiger partial charge in [-0.25, -0.2) is 0 Å². The lowest BCUT2D eigenvalue weighted by molar-refractivity contribution is -0.203. The van der Waals surface area contributed by atoms with Crippen molar-refractivity contribution in [2.75, 3.05) is 18.8 Å². The first-order chi connectivity index (χ1) is 7.33. The molecule has 2 nitrogen and oxygen atoms in total. The van der Waals surface area contributed by atoms with Gasteiger partial charge >= 0.3 is 0 Å². The number of hydrogen-bond donors (Lipinski definition) is 1. The van der Waals surface area contributed by atoms with Crippen LogP contribution in [0.3, 0.4) is 0 Å². The molecule has 0 aromatic carbocycles. The van der Waals surface area contributed by atoms with E-state index in [0.29, 0.717) is 12.8 Å². The van der Waals surface area contributed by atoms with Gasteiger partial charge < -0.3 is 9.84 Å². The molecule has 0 amide bonds. The molecular formula is C14H26O2S. The van der Waals surface area contributed by atoms with E-state index in [2.05, 4.69) is 29.9 Å². The Kier molecular flexibility index (Phi) is 3.67. The highest BCUT2D eigenvalue weighted by molar-refractivity contribution is 8.35. The van der Waals surface area contributed by atoms with Gasteiger partial charge in [0, 0.05) is 12.8 Å². The molecule has 17 heavy (non-hydrogen) atoms. The van der Waals surface area contributed by atoms with Gasteiger partial charge in [0.25, 0.3) is 0 Å². The van der Waals surface area contributed by atoms with E-state index in [1.54, 1.807) is 0 Å². The van der Waals surface area contributed by atoms with Crippen LogP contribution in [0.1, 0.15) is 40.5 Å². The minimum absolute atomic E-state index is 0.321. The summed E-state index contributed by atoms with van der Waals surface area (Å²) in [4.78, 5) is 0. The largest absolute Gasteiger partial charge is 0.377 e. The molecule has 1 heterocycles. The quantitative estimate of drug-likeness (QED) is 0.677. The summed E-state index contributed by atoms with van der Waals surface area (Å²) >= 11 is 0. The Morgan fingerprint density at radius 3 is 1.76 bits per heavy atom. The molecule has 0 aromatic rings. The smallest absolute Gasteiger partial charge is 0.131 e. The molecule has 0 atom stereocenters. The van der Waals surface area contributed by atoms with E-state index in [9.17, 15) is 5.11 Å². The second kappa shape index (κ2) is 4.19. The summed E-state index contributed by atoms with van der Waals surface area (Å²) < 4.78 is 5.97.